The van der Waals surface area contributed by atoms with Crippen LogP contribution in [0.5, 0.6) is 0 Å². The molecule has 1 heterocycles. The number of nitrogens with zero attached hydrogens (tertiary/aromatic N) is 2. The van der Waals surface area contributed by atoms with Crippen LogP contribution in [0.25, 0.3) is 0 Å². The van der Waals surface area contributed by atoms with Gasteiger partial charge in [0.2, 0.25) is 0 Å². The molecule has 0 aromatic carbocycles. The van der Waals surface area contributed by atoms with Gasteiger partial charge in [0, 0.05) is 5.25 Å². The minimum absolute atomic E-state index is 0.474. The quantitative estimate of drug-likeness (QED) is 0.755. The molecule has 4 heteroatoms. The van der Waals surface area contributed by atoms with Gasteiger partial charge in [0.05, 0.1) is 0 Å². The second-order valence-corrected chi connectivity index (χ2v) is 4.76. The van der Waals surface area contributed by atoms with E-state index in [1.54, 1.807) is 17.8 Å². The van der Waals surface area contributed by atoms with Gasteiger partial charge < -0.3 is 5.73 Å². The Labute approximate surface area is 83.1 Å². The number of nitrogens with two attached hydrogens (primary N) is 1. The van der Waals surface area contributed by atoms with E-state index in [4.69, 9.17) is 5.73 Å². The van der Waals surface area contributed by atoms with Crippen LogP contribution < -0.4 is 5.73 Å². The van der Waals surface area contributed by atoms with Crippen LogP contribution in [-0.2, 0) is 0 Å². The fourth-order valence-electron chi connectivity index (χ4n) is 0.720. The molecule has 1 aromatic rings. The summed E-state index contributed by atoms with van der Waals surface area (Å²) in [5.41, 5.74) is 5.43. The van der Waals surface area contributed by atoms with Crippen molar-refractivity contribution in [1.82, 2.24) is 10.2 Å². The number of thioether (sulfide) groups is 1. The zero-order chi connectivity index (χ0) is 9.84. The van der Waals surface area contributed by atoms with E-state index in [2.05, 4.69) is 31.0 Å². The van der Waals surface area contributed by atoms with E-state index in [1.165, 1.54) is 0 Å². The van der Waals surface area contributed by atoms with Gasteiger partial charge in [-0.05, 0) is 18.1 Å². The van der Waals surface area contributed by atoms with Gasteiger partial charge in [0.15, 0.2) is 0 Å². The Hall–Kier alpha value is -0.770. The fourth-order valence-corrected chi connectivity index (χ4v) is 1.61. The number of hydrogen-bond donors (Lipinski definition) is 1. The van der Waals surface area contributed by atoms with Crippen LogP contribution in [0.3, 0.4) is 0 Å². The normalized spacial score (nSPS) is 13.2. The highest BCUT2D eigenvalue weighted by atomic mass is 32.2. The van der Waals surface area contributed by atoms with Crippen molar-refractivity contribution in [2.24, 2.45) is 5.92 Å². The van der Waals surface area contributed by atoms with Crippen molar-refractivity contribution in [3.05, 3.63) is 12.1 Å². The van der Waals surface area contributed by atoms with Crippen molar-refractivity contribution < 1.29 is 0 Å². The first-order valence-corrected chi connectivity index (χ1v) is 5.23. The summed E-state index contributed by atoms with van der Waals surface area (Å²) in [4.78, 5) is 0. The highest BCUT2D eigenvalue weighted by molar-refractivity contribution is 7.99. The van der Waals surface area contributed by atoms with Crippen LogP contribution in [0.1, 0.15) is 20.8 Å². The molecule has 1 rings (SSSR count). The van der Waals surface area contributed by atoms with E-state index in [1.807, 2.05) is 6.07 Å². The third-order valence-corrected chi connectivity index (χ3v) is 3.28. The van der Waals surface area contributed by atoms with Crippen molar-refractivity contribution in [1.29, 1.82) is 0 Å². The molecule has 0 bridgehead atoms. The summed E-state index contributed by atoms with van der Waals surface area (Å²) in [5, 5.41) is 9.28. The number of nitrogen functional groups attached to an aromatic ring is 1. The minimum atomic E-state index is 0.474. The third kappa shape index (κ3) is 3.22. The Kier molecular flexibility index (Phi) is 3.54. The molecule has 1 unspecified atom stereocenters. The monoisotopic (exact) mass is 197 g/mol. The Morgan fingerprint density at radius 3 is 2.38 bits per heavy atom. The molecule has 1 atom stereocenters. The third-order valence-electron chi connectivity index (χ3n) is 1.91. The predicted molar refractivity (Wildman–Crippen MR) is 56.6 cm³/mol. The molecule has 0 aliphatic rings. The molecule has 72 valence electrons. The second-order valence-electron chi connectivity index (χ2n) is 3.36. The molecule has 2 N–H and O–H groups in total. The number of hydrogen-bond acceptors (Lipinski definition) is 4. The SMILES string of the molecule is CC(C)C(C)Sc1ccc(N)nn1. The average molecular weight is 197 g/mol. The summed E-state index contributed by atoms with van der Waals surface area (Å²) in [6.45, 7) is 6.58. The number of aromatic nitrogens is 2. The van der Waals surface area contributed by atoms with Crippen molar-refractivity contribution in [2.75, 3.05) is 5.73 Å². The van der Waals surface area contributed by atoms with E-state index in [-0.39, 0.29) is 0 Å². The summed E-state index contributed by atoms with van der Waals surface area (Å²) < 4.78 is 0. The van der Waals surface area contributed by atoms with Gasteiger partial charge >= 0.3 is 0 Å². The van der Waals surface area contributed by atoms with Gasteiger partial charge in [-0.1, -0.05) is 20.8 Å². The minimum Gasteiger partial charge on any atom is -0.382 e. The first-order valence-electron chi connectivity index (χ1n) is 4.35. The molecule has 0 saturated carbocycles. The second kappa shape index (κ2) is 4.46. The van der Waals surface area contributed by atoms with Crippen molar-refractivity contribution >= 4 is 17.6 Å². The lowest BCUT2D eigenvalue weighted by Gasteiger charge is -2.13. The molecule has 0 spiro atoms. The standard InChI is InChI=1S/C9H15N3S/c1-6(2)7(3)13-9-5-4-8(10)11-12-9/h4-7H,1-3H3,(H2,10,11). The van der Waals surface area contributed by atoms with Crippen LogP contribution in [0.2, 0.25) is 0 Å². The van der Waals surface area contributed by atoms with E-state index < -0.39 is 0 Å². The van der Waals surface area contributed by atoms with E-state index in [0.717, 1.165) is 5.03 Å². The molecule has 13 heavy (non-hydrogen) atoms. The van der Waals surface area contributed by atoms with Crippen LogP contribution in [-0.4, -0.2) is 15.4 Å². The molecule has 0 aliphatic carbocycles. The molecule has 0 fully saturated rings. The summed E-state index contributed by atoms with van der Waals surface area (Å²) >= 11 is 1.73. The molecule has 0 radical (unpaired) electrons. The lowest BCUT2D eigenvalue weighted by molar-refractivity contribution is 0.641. The van der Waals surface area contributed by atoms with Crippen molar-refractivity contribution in [2.45, 2.75) is 31.0 Å². The van der Waals surface area contributed by atoms with Gasteiger partial charge in [-0.3, -0.25) is 0 Å². The zero-order valence-electron chi connectivity index (χ0n) is 8.19. The number of anilines is 1. The maximum absolute atomic E-state index is 5.43. The Morgan fingerprint density at radius 1 is 1.23 bits per heavy atom. The Bertz CT molecular complexity index is 258. The number of rotatable bonds is 3. The molecule has 0 saturated heterocycles. The van der Waals surface area contributed by atoms with Gasteiger partial charge in [-0.2, -0.15) is 0 Å². The fraction of sp³-hybridized carbons (Fsp3) is 0.556. The van der Waals surface area contributed by atoms with Crippen LogP contribution >= 0.6 is 11.8 Å². The maximum atomic E-state index is 5.43. The summed E-state index contributed by atoms with van der Waals surface area (Å²) in [7, 11) is 0. The van der Waals surface area contributed by atoms with Crippen LogP contribution in [0, 0.1) is 5.92 Å². The van der Waals surface area contributed by atoms with Gasteiger partial charge in [-0.15, -0.1) is 22.0 Å². The summed E-state index contributed by atoms with van der Waals surface area (Å²) in [6.07, 6.45) is 0. The first kappa shape index (κ1) is 10.3. The highest BCUT2D eigenvalue weighted by Gasteiger charge is 2.09. The lowest BCUT2D eigenvalue weighted by atomic mass is 10.2. The molecular weight excluding hydrogens is 182 g/mol. The lowest BCUT2D eigenvalue weighted by Crippen LogP contribution is -2.06. The van der Waals surface area contributed by atoms with Gasteiger partial charge in [-0.25, -0.2) is 0 Å². The zero-order valence-corrected chi connectivity index (χ0v) is 9.01. The predicted octanol–water partition coefficient (Wildman–Crippen LogP) is 2.20. The van der Waals surface area contributed by atoms with E-state index in [0.29, 0.717) is 17.0 Å². The van der Waals surface area contributed by atoms with Gasteiger partial charge in [0.25, 0.3) is 0 Å². The Balaban J connectivity index is 2.59. The highest BCUT2D eigenvalue weighted by Crippen LogP contribution is 2.25. The molecule has 0 aliphatic heterocycles. The average Bonchev–Trinajstić information content (AvgIpc) is 2.08. The molecule has 1 aromatic heterocycles. The topological polar surface area (TPSA) is 51.8 Å². The first-order chi connectivity index (χ1) is 6.09. The molecule has 0 amide bonds. The maximum Gasteiger partial charge on any atom is 0.146 e. The van der Waals surface area contributed by atoms with E-state index in [9.17, 15) is 0 Å². The smallest absolute Gasteiger partial charge is 0.146 e. The van der Waals surface area contributed by atoms with Crippen molar-refractivity contribution in [3.63, 3.8) is 0 Å². The van der Waals surface area contributed by atoms with Crippen LogP contribution in [0.4, 0.5) is 5.82 Å². The van der Waals surface area contributed by atoms with Crippen molar-refractivity contribution in [3.8, 4) is 0 Å². The summed E-state index contributed by atoms with van der Waals surface area (Å²) in [5.74, 6) is 1.12. The molecule has 3 nitrogen and oxygen atoms in total. The largest absolute Gasteiger partial charge is 0.382 e. The van der Waals surface area contributed by atoms with E-state index >= 15 is 0 Å². The molecular formula is C9H15N3S. The van der Waals surface area contributed by atoms with Gasteiger partial charge in [0.1, 0.15) is 10.8 Å². The van der Waals surface area contributed by atoms with Crippen LogP contribution in [0.15, 0.2) is 17.2 Å². The Morgan fingerprint density at radius 2 is 1.92 bits per heavy atom. The summed E-state index contributed by atoms with van der Waals surface area (Å²) in [6, 6.07) is 3.69.